The second-order valence-electron chi connectivity index (χ2n) is 4.47. The summed E-state index contributed by atoms with van der Waals surface area (Å²) in [7, 11) is 0. The molecule has 6 heteroatoms. The van der Waals surface area contributed by atoms with Gasteiger partial charge in [0, 0.05) is 18.7 Å². The van der Waals surface area contributed by atoms with Gasteiger partial charge >= 0.3 is 0 Å². The molecule has 0 radical (unpaired) electrons. The highest BCUT2D eigenvalue weighted by Crippen LogP contribution is 2.19. The molecule has 21 heavy (non-hydrogen) atoms. The van der Waals surface area contributed by atoms with E-state index in [4.69, 9.17) is 0 Å². The Morgan fingerprint density at radius 1 is 1.33 bits per heavy atom. The molecule has 0 unspecified atom stereocenters. The van der Waals surface area contributed by atoms with Gasteiger partial charge in [-0.25, -0.2) is 4.39 Å². The van der Waals surface area contributed by atoms with Crippen LogP contribution in [0, 0.1) is 11.0 Å². The van der Waals surface area contributed by atoms with Crippen LogP contribution in [0.5, 0.6) is 0 Å². The maximum atomic E-state index is 12.8. The molecule has 0 saturated carbocycles. The average molecular weight is 306 g/mol. The fourth-order valence-corrected chi connectivity index (χ4v) is 2.55. The van der Waals surface area contributed by atoms with Gasteiger partial charge in [0.05, 0.1) is 5.25 Å². The molecule has 0 aliphatic heterocycles. The summed E-state index contributed by atoms with van der Waals surface area (Å²) in [6, 6.07) is 11.0. The third kappa shape index (κ3) is 4.46. The lowest BCUT2D eigenvalue weighted by molar-refractivity contribution is -0.645. The first kappa shape index (κ1) is 15.3. The van der Waals surface area contributed by atoms with E-state index in [1.54, 1.807) is 37.3 Å². The van der Waals surface area contributed by atoms with Gasteiger partial charge in [0.15, 0.2) is 6.20 Å². The van der Waals surface area contributed by atoms with Gasteiger partial charge in [-0.3, -0.25) is 4.79 Å². The molecule has 1 aromatic carbocycles. The van der Waals surface area contributed by atoms with Crippen LogP contribution in [0.15, 0.2) is 53.7 Å². The first-order valence-electron chi connectivity index (χ1n) is 6.43. The molecule has 0 spiro atoms. The van der Waals surface area contributed by atoms with E-state index in [0.29, 0.717) is 11.6 Å². The van der Waals surface area contributed by atoms with E-state index in [1.807, 2.05) is 0 Å². The minimum atomic E-state index is -0.395. The maximum Gasteiger partial charge on any atom is 0.252 e. The predicted octanol–water partition coefficient (Wildman–Crippen LogP) is 2.26. The van der Waals surface area contributed by atoms with Crippen LogP contribution >= 0.6 is 11.8 Å². The molecule has 1 N–H and O–H groups in total. The molecular weight excluding hydrogens is 291 g/mol. The van der Waals surface area contributed by atoms with E-state index in [-0.39, 0.29) is 11.7 Å². The van der Waals surface area contributed by atoms with E-state index in [2.05, 4.69) is 5.32 Å². The van der Waals surface area contributed by atoms with Crippen molar-refractivity contribution in [2.75, 3.05) is 0 Å². The molecule has 1 heterocycles. The highest BCUT2D eigenvalue weighted by Gasteiger charge is 2.18. The zero-order valence-electron chi connectivity index (χ0n) is 11.5. The molecule has 0 saturated heterocycles. The Balaban J connectivity index is 1.88. The number of nitrogens with one attached hydrogen (secondary N) is 1. The average Bonchev–Trinajstić information content (AvgIpc) is 2.48. The van der Waals surface area contributed by atoms with Crippen LogP contribution in [-0.2, 0) is 11.3 Å². The fourth-order valence-electron chi connectivity index (χ4n) is 1.67. The van der Waals surface area contributed by atoms with Crippen molar-refractivity contribution in [2.45, 2.75) is 23.7 Å². The first-order valence-corrected chi connectivity index (χ1v) is 7.31. The Kier molecular flexibility index (Phi) is 5.16. The molecule has 0 bridgehead atoms. The maximum absolute atomic E-state index is 12.8. The number of hydrogen-bond donors (Lipinski definition) is 1. The van der Waals surface area contributed by atoms with Crippen LogP contribution in [0.3, 0.4) is 0 Å². The Bertz CT molecular complexity index is 619. The monoisotopic (exact) mass is 306 g/mol. The zero-order valence-corrected chi connectivity index (χ0v) is 12.3. The molecule has 2 aromatic rings. The van der Waals surface area contributed by atoms with Crippen LogP contribution in [0.25, 0.3) is 0 Å². The molecule has 1 atom stereocenters. The number of aromatic nitrogens is 1. The number of carbonyl (C=O) groups is 1. The summed E-state index contributed by atoms with van der Waals surface area (Å²) in [5, 5.41) is 14.4. The van der Waals surface area contributed by atoms with E-state index < -0.39 is 5.25 Å². The van der Waals surface area contributed by atoms with E-state index in [0.717, 1.165) is 10.3 Å². The molecule has 0 fully saturated rings. The summed E-state index contributed by atoms with van der Waals surface area (Å²) >= 11 is 1.19. The summed E-state index contributed by atoms with van der Waals surface area (Å²) in [5.41, 5.74) is 0.820. The van der Waals surface area contributed by atoms with E-state index >= 15 is 0 Å². The minimum absolute atomic E-state index is 0.173. The highest BCUT2D eigenvalue weighted by atomic mass is 32.2. The van der Waals surface area contributed by atoms with Crippen molar-refractivity contribution in [2.24, 2.45) is 0 Å². The van der Waals surface area contributed by atoms with Gasteiger partial charge < -0.3 is 10.5 Å². The number of benzene rings is 1. The predicted molar refractivity (Wildman–Crippen MR) is 79.0 cm³/mol. The quantitative estimate of drug-likeness (QED) is 0.524. The number of rotatable bonds is 5. The van der Waals surface area contributed by atoms with Crippen LogP contribution in [0.4, 0.5) is 4.39 Å². The standard InChI is InChI=1S/C15H15FN2O2S/c1-11(21-14-4-2-3-9-18(14)20)15(19)17-10-12-5-7-13(16)8-6-12/h2-9,11H,10H2,1H3,(H,17,19)/t11-/m0/s1. The summed E-state index contributed by atoms with van der Waals surface area (Å²) in [4.78, 5) is 12.0. The molecular formula is C15H15FN2O2S. The highest BCUT2D eigenvalue weighted by molar-refractivity contribution is 8.00. The van der Waals surface area contributed by atoms with Gasteiger partial charge in [-0.15, -0.1) is 0 Å². The Morgan fingerprint density at radius 3 is 2.71 bits per heavy atom. The Labute approximate surface area is 126 Å². The van der Waals surface area contributed by atoms with Crippen molar-refractivity contribution in [3.05, 3.63) is 65.2 Å². The first-order chi connectivity index (χ1) is 10.1. The lowest BCUT2D eigenvalue weighted by Crippen LogP contribution is -2.33. The van der Waals surface area contributed by atoms with Gasteiger partial charge in [-0.2, -0.15) is 4.73 Å². The van der Waals surface area contributed by atoms with Gasteiger partial charge in [0.25, 0.3) is 5.03 Å². The SMILES string of the molecule is C[C@H](Sc1cccc[n+]1[O-])C(=O)NCc1ccc(F)cc1. The van der Waals surface area contributed by atoms with Crippen molar-refractivity contribution < 1.29 is 13.9 Å². The van der Waals surface area contributed by atoms with E-state index in [9.17, 15) is 14.4 Å². The lowest BCUT2D eigenvalue weighted by atomic mass is 10.2. The van der Waals surface area contributed by atoms with Crippen molar-refractivity contribution in [1.29, 1.82) is 0 Å². The number of carbonyl (C=O) groups excluding carboxylic acids is 1. The third-order valence-electron chi connectivity index (χ3n) is 2.84. The third-order valence-corrected chi connectivity index (χ3v) is 3.96. The molecule has 1 amide bonds. The van der Waals surface area contributed by atoms with Gasteiger partial charge in [0.2, 0.25) is 5.91 Å². The molecule has 0 aliphatic rings. The molecule has 110 valence electrons. The number of hydrogen-bond acceptors (Lipinski definition) is 3. The topological polar surface area (TPSA) is 56.0 Å². The lowest BCUT2D eigenvalue weighted by Gasteiger charge is -2.11. The summed E-state index contributed by atoms with van der Waals surface area (Å²) in [6.07, 6.45) is 1.39. The van der Waals surface area contributed by atoms with Gasteiger partial charge in [-0.1, -0.05) is 12.1 Å². The largest absolute Gasteiger partial charge is 0.618 e. The van der Waals surface area contributed by atoms with Crippen LogP contribution < -0.4 is 10.0 Å². The Hall–Kier alpha value is -2.08. The van der Waals surface area contributed by atoms with Gasteiger partial charge in [0.1, 0.15) is 5.82 Å². The second-order valence-corrected chi connectivity index (χ2v) is 5.83. The molecule has 2 rings (SSSR count). The van der Waals surface area contributed by atoms with Crippen molar-refractivity contribution in [3.63, 3.8) is 0 Å². The van der Waals surface area contributed by atoms with Gasteiger partial charge in [-0.05, 0) is 42.4 Å². The minimum Gasteiger partial charge on any atom is -0.618 e. The second kappa shape index (κ2) is 7.08. The Morgan fingerprint density at radius 2 is 2.05 bits per heavy atom. The normalized spacial score (nSPS) is 11.9. The number of amides is 1. The van der Waals surface area contributed by atoms with Crippen molar-refractivity contribution in [3.8, 4) is 0 Å². The summed E-state index contributed by atoms with van der Waals surface area (Å²) < 4.78 is 13.5. The number of thioether (sulfide) groups is 1. The molecule has 1 aromatic heterocycles. The molecule has 4 nitrogen and oxygen atoms in total. The number of nitrogens with zero attached hydrogens (tertiary/aromatic N) is 1. The number of pyridine rings is 1. The zero-order chi connectivity index (χ0) is 15.2. The summed E-state index contributed by atoms with van der Waals surface area (Å²) in [5.74, 6) is -0.480. The summed E-state index contributed by atoms with van der Waals surface area (Å²) in [6.45, 7) is 2.06. The van der Waals surface area contributed by atoms with Crippen molar-refractivity contribution in [1.82, 2.24) is 5.32 Å². The molecule has 0 aliphatic carbocycles. The van der Waals surface area contributed by atoms with Crippen LogP contribution in [0.2, 0.25) is 0 Å². The van der Waals surface area contributed by atoms with E-state index in [1.165, 1.54) is 30.1 Å². The smallest absolute Gasteiger partial charge is 0.252 e. The van der Waals surface area contributed by atoms with Crippen LogP contribution in [0.1, 0.15) is 12.5 Å². The number of halogens is 1. The fraction of sp³-hybridized carbons (Fsp3) is 0.200. The van der Waals surface area contributed by atoms with Crippen LogP contribution in [-0.4, -0.2) is 11.2 Å². The van der Waals surface area contributed by atoms with Crippen molar-refractivity contribution >= 4 is 17.7 Å².